The van der Waals surface area contributed by atoms with Crippen LogP contribution in [0.15, 0.2) is 34.6 Å². The zero-order valence-corrected chi connectivity index (χ0v) is 7.32. The van der Waals surface area contributed by atoms with Gasteiger partial charge in [-0.1, -0.05) is 18.2 Å². The van der Waals surface area contributed by atoms with E-state index >= 15 is 0 Å². The second-order valence-corrected chi connectivity index (χ2v) is 5.13. The van der Waals surface area contributed by atoms with E-state index in [4.69, 9.17) is 0 Å². The van der Waals surface area contributed by atoms with Crippen LogP contribution in [0.5, 0.6) is 0 Å². The van der Waals surface area contributed by atoms with Gasteiger partial charge in [0, 0.05) is 4.90 Å². The maximum absolute atomic E-state index is 10.6. The average molecular weight is 182 g/mol. The van der Waals surface area contributed by atoms with Crippen molar-refractivity contribution in [2.24, 2.45) is 0 Å². The summed E-state index contributed by atoms with van der Waals surface area (Å²) in [4.78, 5) is 1.17. The number of hydrogen-bond donors (Lipinski definition) is 0. The van der Waals surface area contributed by atoms with Crippen molar-refractivity contribution in [2.45, 2.75) is 4.90 Å². The molecule has 1 atom stereocenters. The summed E-state index contributed by atoms with van der Waals surface area (Å²) in [5.41, 5.74) is 1.19. The lowest BCUT2D eigenvalue weighted by Gasteiger charge is -1.94. The van der Waals surface area contributed by atoms with E-state index in [1.807, 2.05) is 35.7 Å². The maximum Gasteiger partial charge on any atom is 0.129 e. The third-order valence-electron chi connectivity index (χ3n) is 1.58. The van der Waals surface area contributed by atoms with E-state index in [0.29, 0.717) is 10.2 Å². The van der Waals surface area contributed by atoms with Crippen LogP contribution in [-0.2, 0) is 19.7 Å². The molecule has 1 aliphatic heterocycles. The maximum atomic E-state index is 10.6. The van der Waals surface area contributed by atoms with Crippen LogP contribution in [0.4, 0.5) is 0 Å². The first-order chi connectivity index (χ1) is 5.42. The Morgan fingerprint density at radius 2 is 2.09 bits per heavy atom. The van der Waals surface area contributed by atoms with Crippen LogP contribution in [0.1, 0.15) is 5.56 Å². The minimum Gasteiger partial charge on any atom is -0.205 e. The first-order valence-corrected chi connectivity index (χ1v) is 5.77. The summed E-state index contributed by atoms with van der Waals surface area (Å²) >= 11 is 0. The summed E-state index contributed by atoms with van der Waals surface area (Å²) in [5.74, 6) is 0. The predicted molar refractivity (Wildman–Crippen MR) is 49.2 cm³/mol. The molecule has 1 aromatic rings. The topological polar surface area (TPSA) is 17.1 Å². The molecule has 1 unspecified atom stereocenters. The van der Waals surface area contributed by atoms with Crippen LogP contribution < -0.4 is 0 Å². The molecule has 0 saturated carbocycles. The first kappa shape index (κ1) is 7.00. The van der Waals surface area contributed by atoms with Crippen LogP contribution in [-0.4, -0.2) is 4.21 Å². The van der Waals surface area contributed by atoms with Crippen molar-refractivity contribution in [3.05, 3.63) is 35.2 Å². The third kappa shape index (κ3) is 1.10. The summed E-state index contributed by atoms with van der Waals surface area (Å²) in [6.45, 7) is 0. The molecule has 0 radical (unpaired) electrons. The fraction of sp³-hybridized carbons (Fsp3) is 0. The second kappa shape index (κ2) is 2.75. The van der Waals surface area contributed by atoms with E-state index in [1.54, 1.807) is 0 Å². The largest absolute Gasteiger partial charge is 0.205 e. The van der Waals surface area contributed by atoms with Crippen molar-refractivity contribution in [2.75, 3.05) is 0 Å². The Bertz CT molecular complexity index is 375. The zero-order chi connectivity index (χ0) is 7.68. The fourth-order valence-electron chi connectivity index (χ4n) is 1.07. The number of benzene rings is 1. The SMILES string of the molecule is O=S=S1C=Cc2ccccc21. The van der Waals surface area contributed by atoms with E-state index in [0.717, 1.165) is 0 Å². The van der Waals surface area contributed by atoms with E-state index in [1.165, 1.54) is 10.5 Å². The Morgan fingerprint density at radius 1 is 1.27 bits per heavy atom. The van der Waals surface area contributed by atoms with Gasteiger partial charge in [0.05, 0.1) is 0 Å². The van der Waals surface area contributed by atoms with Gasteiger partial charge in [-0.05, 0) is 32.6 Å². The molecular formula is C8H6OS2. The van der Waals surface area contributed by atoms with E-state index < -0.39 is 0 Å². The van der Waals surface area contributed by atoms with Crippen LogP contribution in [0.3, 0.4) is 0 Å². The first-order valence-electron chi connectivity index (χ1n) is 3.22. The van der Waals surface area contributed by atoms with Gasteiger partial charge in [-0.15, -0.1) is 0 Å². The van der Waals surface area contributed by atoms with Crippen molar-refractivity contribution in [3.63, 3.8) is 0 Å². The molecule has 0 N–H and O–H groups in total. The highest BCUT2D eigenvalue weighted by Gasteiger charge is 2.07. The van der Waals surface area contributed by atoms with Gasteiger partial charge in [-0.25, -0.2) is 4.21 Å². The minimum absolute atomic E-state index is 0.229. The van der Waals surface area contributed by atoms with Crippen molar-refractivity contribution < 1.29 is 4.21 Å². The van der Waals surface area contributed by atoms with Crippen molar-refractivity contribution >= 4 is 25.8 Å². The Kier molecular flexibility index (Phi) is 1.75. The Labute approximate surface area is 70.4 Å². The highest BCUT2D eigenvalue weighted by molar-refractivity contribution is 8.33. The normalized spacial score (nSPS) is 19.8. The molecule has 1 aromatic carbocycles. The number of hydrogen-bond acceptors (Lipinski definition) is 1. The Hall–Kier alpha value is -0.670. The molecule has 3 heteroatoms. The van der Waals surface area contributed by atoms with Gasteiger partial charge in [0.15, 0.2) is 0 Å². The summed E-state index contributed by atoms with van der Waals surface area (Å²) in [6, 6.07) is 8.02. The molecule has 0 fully saturated rings. The van der Waals surface area contributed by atoms with Gasteiger partial charge < -0.3 is 0 Å². The Morgan fingerprint density at radius 3 is 2.91 bits per heavy atom. The molecule has 1 nitrogen and oxygen atoms in total. The summed E-state index contributed by atoms with van der Waals surface area (Å²) in [6.07, 6.45) is 2.02. The molecule has 11 heavy (non-hydrogen) atoms. The van der Waals surface area contributed by atoms with Crippen molar-refractivity contribution in [1.29, 1.82) is 0 Å². The zero-order valence-electron chi connectivity index (χ0n) is 5.69. The fourth-order valence-corrected chi connectivity index (χ4v) is 3.16. The van der Waals surface area contributed by atoms with Gasteiger partial charge in [-0.3, -0.25) is 0 Å². The summed E-state index contributed by atoms with van der Waals surface area (Å²) < 4.78 is 10.6. The quantitative estimate of drug-likeness (QED) is 0.597. The van der Waals surface area contributed by atoms with Crippen LogP contribution >= 0.6 is 0 Å². The van der Waals surface area contributed by atoms with Gasteiger partial charge in [0.1, 0.15) is 10.2 Å². The predicted octanol–water partition coefficient (Wildman–Crippen LogP) is 1.78. The number of rotatable bonds is 0. The van der Waals surface area contributed by atoms with E-state index in [2.05, 4.69) is 0 Å². The highest BCUT2D eigenvalue weighted by atomic mass is 32.8. The molecule has 0 amide bonds. The summed E-state index contributed by atoms with van der Waals surface area (Å²) in [7, 11) is 0.437. The van der Waals surface area contributed by atoms with Gasteiger partial charge in [-0.2, -0.15) is 0 Å². The van der Waals surface area contributed by atoms with E-state index in [9.17, 15) is 4.21 Å². The van der Waals surface area contributed by atoms with Crippen LogP contribution in [0.25, 0.3) is 6.08 Å². The smallest absolute Gasteiger partial charge is 0.129 e. The molecule has 0 spiro atoms. The molecule has 0 aliphatic carbocycles. The molecule has 1 heterocycles. The van der Waals surface area contributed by atoms with Gasteiger partial charge >= 0.3 is 0 Å². The molecule has 0 aromatic heterocycles. The van der Waals surface area contributed by atoms with Crippen LogP contribution in [0, 0.1) is 0 Å². The molecule has 1 aliphatic rings. The van der Waals surface area contributed by atoms with Crippen LogP contribution in [0.2, 0.25) is 0 Å². The lowest BCUT2D eigenvalue weighted by Crippen LogP contribution is -1.81. The van der Waals surface area contributed by atoms with Gasteiger partial charge in [0.25, 0.3) is 0 Å². The standard InChI is InChI=1S/C8H6OS2/c9-10-11-6-5-7-3-1-2-4-8(7)11/h1-6H. The van der Waals surface area contributed by atoms with E-state index in [-0.39, 0.29) is 9.45 Å². The van der Waals surface area contributed by atoms with Crippen molar-refractivity contribution in [1.82, 2.24) is 0 Å². The summed E-state index contributed by atoms with van der Waals surface area (Å²) in [5, 5.41) is 1.97. The monoisotopic (exact) mass is 182 g/mol. The van der Waals surface area contributed by atoms with Crippen molar-refractivity contribution in [3.8, 4) is 0 Å². The molecular weight excluding hydrogens is 176 g/mol. The lowest BCUT2D eigenvalue weighted by atomic mass is 10.2. The number of fused-ring (bicyclic) bond motifs is 1. The third-order valence-corrected chi connectivity index (χ3v) is 4.23. The second-order valence-electron chi connectivity index (χ2n) is 2.21. The molecule has 0 bridgehead atoms. The molecule has 0 saturated heterocycles. The van der Waals surface area contributed by atoms with Gasteiger partial charge in [0.2, 0.25) is 0 Å². The molecule has 2 rings (SSSR count). The Balaban J connectivity index is 2.72. The minimum atomic E-state index is -0.229. The average Bonchev–Trinajstić information content (AvgIpc) is 2.47. The molecule has 56 valence electrons. The highest BCUT2D eigenvalue weighted by Crippen LogP contribution is 2.22. The lowest BCUT2D eigenvalue weighted by molar-refractivity contribution is 0.701.